The van der Waals surface area contributed by atoms with Crippen LogP contribution in [0, 0.1) is 5.92 Å². The first-order valence-electron chi connectivity index (χ1n) is 8.69. The highest BCUT2D eigenvalue weighted by Gasteiger charge is 2.10. The molecule has 1 aromatic rings. The van der Waals surface area contributed by atoms with E-state index in [0.29, 0.717) is 5.92 Å². The molecule has 1 atom stereocenters. The lowest BCUT2D eigenvalue weighted by Crippen LogP contribution is -2.06. The highest BCUT2D eigenvalue weighted by atomic mass is 14.9. The van der Waals surface area contributed by atoms with Crippen LogP contribution in [0.1, 0.15) is 77.6 Å². The number of hydrogen-bond acceptors (Lipinski definition) is 2. The second kappa shape index (κ2) is 10.5. The van der Waals surface area contributed by atoms with E-state index < -0.39 is 0 Å². The molecule has 21 heavy (non-hydrogen) atoms. The summed E-state index contributed by atoms with van der Waals surface area (Å²) in [6.45, 7) is 9.04. The summed E-state index contributed by atoms with van der Waals surface area (Å²) in [7, 11) is 0. The molecule has 0 aliphatic carbocycles. The Morgan fingerprint density at radius 1 is 1.10 bits per heavy atom. The van der Waals surface area contributed by atoms with Gasteiger partial charge in [-0.05, 0) is 37.2 Å². The molecule has 0 N–H and O–H groups in total. The highest BCUT2D eigenvalue weighted by molar-refractivity contribution is 5.14. The minimum Gasteiger partial charge on any atom is -0.241 e. The molecule has 0 saturated heterocycles. The maximum absolute atomic E-state index is 4.57. The van der Waals surface area contributed by atoms with Gasteiger partial charge >= 0.3 is 0 Å². The van der Waals surface area contributed by atoms with Crippen LogP contribution >= 0.6 is 0 Å². The third-order valence-electron chi connectivity index (χ3n) is 3.99. The van der Waals surface area contributed by atoms with Crippen LogP contribution in [-0.4, -0.2) is 9.97 Å². The zero-order valence-corrected chi connectivity index (χ0v) is 14.4. The number of hydrogen-bond donors (Lipinski definition) is 0. The summed E-state index contributed by atoms with van der Waals surface area (Å²) >= 11 is 0. The fourth-order valence-electron chi connectivity index (χ4n) is 2.56. The molecule has 118 valence electrons. The van der Waals surface area contributed by atoms with E-state index in [1.165, 1.54) is 43.2 Å². The van der Waals surface area contributed by atoms with E-state index in [-0.39, 0.29) is 0 Å². The lowest BCUT2D eigenvalue weighted by Gasteiger charge is -2.15. The number of aryl methyl sites for hydroxylation is 1. The molecule has 0 spiro atoms. The summed E-state index contributed by atoms with van der Waals surface area (Å²) in [6, 6.07) is 0. The predicted octanol–water partition coefficient (Wildman–Crippen LogP) is 5.52. The van der Waals surface area contributed by atoms with Gasteiger partial charge in [-0.1, -0.05) is 58.6 Å². The van der Waals surface area contributed by atoms with Crippen molar-refractivity contribution in [3.63, 3.8) is 0 Å². The number of rotatable bonds is 10. The van der Waals surface area contributed by atoms with E-state index in [1.807, 2.05) is 12.4 Å². The van der Waals surface area contributed by atoms with E-state index in [4.69, 9.17) is 0 Å². The van der Waals surface area contributed by atoms with Gasteiger partial charge in [0, 0.05) is 18.8 Å². The Kier molecular flexibility index (Phi) is 8.96. The van der Waals surface area contributed by atoms with Crippen LogP contribution in [0.2, 0.25) is 0 Å². The molecule has 0 saturated carbocycles. The van der Waals surface area contributed by atoms with Crippen molar-refractivity contribution in [2.45, 2.75) is 79.1 Å². The summed E-state index contributed by atoms with van der Waals surface area (Å²) in [4.78, 5) is 9.14. The summed E-state index contributed by atoms with van der Waals surface area (Å²) in [6.07, 6.45) is 15.8. The third-order valence-corrected chi connectivity index (χ3v) is 3.99. The average molecular weight is 288 g/mol. The highest BCUT2D eigenvalue weighted by Crippen LogP contribution is 2.20. The molecular formula is C19H32N2. The molecular weight excluding hydrogens is 256 g/mol. The van der Waals surface area contributed by atoms with Gasteiger partial charge in [0.15, 0.2) is 0 Å². The molecule has 0 aliphatic heterocycles. The molecule has 0 radical (unpaired) electrons. The van der Waals surface area contributed by atoms with E-state index >= 15 is 0 Å². The summed E-state index contributed by atoms with van der Waals surface area (Å²) in [5.41, 5.74) is 2.78. The summed E-state index contributed by atoms with van der Waals surface area (Å²) in [5.74, 6) is 1.62. The van der Waals surface area contributed by atoms with Gasteiger partial charge in [-0.2, -0.15) is 0 Å². The molecule has 2 nitrogen and oxygen atoms in total. The lowest BCUT2D eigenvalue weighted by atomic mass is 9.92. The zero-order valence-electron chi connectivity index (χ0n) is 14.4. The fourth-order valence-corrected chi connectivity index (χ4v) is 2.56. The van der Waals surface area contributed by atoms with Crippen LogP contribution in [-0.2, 0) is 12.8 Å². The van der Waals surface area contributed by atoms with Crippen molar-refractivity contribution in [1.82, 2.24) is 9.97 Å². The van der Waals surface area contributed by atoms with Gasteiger partial charge in [0.25, 0.3) is 0 Å². The van der Waals surface area contributed by atoms with Crippen LogP contribution in [0.25, 0.3) is 0 Å². The Balaban J connectivity index is 2.69. The van der Waals surface area contributed by atoms with Crippen molar-refractivity contribution in [1.29, 1.82) is 0 Å². The van der Waals surface area contributed by atoms with Gasteiger partial charge in [-0.3, -0.25) is 0 Å². The number of aromatic nitrogens is 2. The Bertz CT molecular complexity index is 406. The average Bonchev–Trinajstić information content (AvgIpc) is 2.50. The van der Waals surface area contributed by atoms with Crippen LogP contribution in [0.15, 0.2) is 24.0 Å². The number of allylic oxidation sites excluding steroid dienone is 2. The van der Waals surface area contributed by atoms with Gasteiger partial charge in [-0.25, -0.2) is 9.97 Å². The number of unbranched alkanes of at least 4 members (excludes halogenated alkanes) is 2. The van der Waals surface area contributed by atoms with Gasteiger partial charge in [0.05, 0.1) is 0 Å². The van der Waals surface area contributed by atoms with Crippen molar-refractivity contribution in [3.05, 3.63) is 35.4 Å². The maximum atomic E-state index is 4.57. The molecule has 1 unspecified atom stereocenters. The first kappa shape index (κ1) is 17.9. The lowest BCUT2D eigenvalue weighted by molar-refractivity contribution is 0.581. The summed E-state index contributed by atoms with van der Waals surface area (Å²) in [5, 5.41) is 0. The van der Waals surface area contributed by atoms with Gasteiger partial charge in [-0.15, -0.1) is 0 Å². The molecule has 2 heteroatoms. The van der Waals surface area contributed by atoms with Crippen molar-refractivity contribution in [2.75, 3.05) is 0 Å². The van der Waals surface area contributed by atoms with Crippen LogP contribution in [0.3, 0.4) is 0 Å². The standard InChI is InChI=1S/C19H32N2/c1-5-8-11-17-14-20-19(21-15-17)13-18(12-9-6-2)16(4)10-7-3/h12,14-16H,5-11,13H2,1-4H3/b18-12-. The summed E-state index contributed by atoms with van der Waals surface area (Å²) < 4.78 is 0. The minimum absolute atomic E-state index is 0.643. The van der Waals surface area contributed by atoms with E-state index in [9.17, 15) is 0 Å². The zero-order chi connectivity index (χ0) is 15.5. The van der Waals surface area contributed by atoms with Crippen molar-refractivity contribution < 1.29 is 0 Å². The van der Waals surface area contributed by atoms with E-state index in [1.54, 1.807) is 0 Å². The Hall–Kier alpha value is -1.18. The van der Waals surface area contributed by atoms with Crippen LogP contribution in [0.4, 0.5) is 0 Å². The quantitative estimate of drug-likeness (QED) is 0.529. The second-order valence-electron chi connectivity index (χ2n) is 6.05. The van der Waals surface area contributed by atoms with Crippen molar-refractivity contribution in [3.8, 4) is 0 Å². The van der Waals surface area contributed by atoms with Gasteiger partial charge < -0.3 is 0 Å². The Labute approximate surface area is 131 Å². The second-order valence-corrected chi connectivity index (χ2v) is 6.05. The molecule has 0 bridgehead atoms. The van der Waals surface area contributed by atoms with Crippen LogP contribution < -0.4 is 0 Å². The molecule has 0 fully saturated rings. The number of nitrogens with zero attached hydrogens (tertiary/aromatic N) is 2. The maximum Gasteiger partial charge on any atom is 0.132 e. The van der Waals surface area contributed by atoms with Crippen molar-refractivity contribution >= 4 is 0 Å². The largest absolute Gasteiger partial charge is 0.241 e. The van der Waals surface area contributed by atoms with Crippen molar-refractivity contribution in [2.24, 2.45) is 5.92 Å². The SMILES string of the molecule is CCC/C=C(/Cc1ncc(CCCC)cn1)C(C)CCC. The topological polar surface area (TPSA) is 25.8 Å². The molecule has 1 rings (SSSR count). The Morgan fingerprint density at radius 3 is 2.38 bits per heavy atom. The van der Waals surface area contributed by atoms with E-state index in [0.717, 1.165) is 25.1 Å². The molecule has 1 heterocycles. The molecule has 0 aromatic carbocycles. The molecule has 0 aliphatic rings. The first-order valence-corrected chi connectivity index (χ1v) is 8.69. The first-order chi connectivity index (χ1) is 10.2. The monoisotopic (exact) mass is 288 g/mol. The molecule has 1 aromatic heterocycles. The molecule has 0 amide bonds. The predicted molar refractivity (Wildman–Crippen MR) is 91.4 cm³/mol. The van der Waals surface area contributed by atoms with Gasteiger partial charge in [0.2, 0.25) is 0 Å². The third kappa shape index (κ3) is 6.88. The fraction of sp³-hybridized carbons (Fsp3) is 0.684. The van der Waals surface area contributed by atoms with E-state index in [2.05, 4.69) is 43.7 Å². The Morgan fingerprint density at radius 2 is 1.81 bits per heavy atom. The van der Waals surface area contributed by atoms with Crippen LogP contribution in [0.5, 0.6) is 0 Å². The smallest absolute Gasteiger partial charge is 0.132 e. The van der Waals surface area contributed by atoms with Gasteiger partial charge in [0.1, 0.15) is 5.82 Å². The minimum atomic E-state index is 0.643. The normalized spacial score (nSPS) is 13.4.